The molecule has 4 aliphatic rings. The monoisotopic (exact) mass is 413 g/mol. The highest BCUT2D eigenvalue weighted by molar-refractivity contribution is 6.07. The average Bonchev–Trinajstić information content (AvgIpc) is 3.08. The smallest absolute Gasteiger partial charge is 0.138 e. The number of hydrogen-bond acceptors (Lipinski definition) is 3. The molecule has 0 spiro atoms. The predicted octanol–water partition coefficient (Wildman–Crippen LogP) is 6.58. The van der Waals surface area contributed by atoms with Crippen LogP contribution in [0, 0.1) is 34.5 Å². The Bertz CT molecular complexity index is 697. The van der Waals surface area contributed by atoms with Gasteiger partial charge in [-0.05, 0) is 61.7 Å². The van der Waals surface area contributed by atoms with Crippen LogP contribution < -0.4 is 0 Å². The Kier molecular flexibility index (Phi) is 6.56. The third-order valence-corrected chi connectivity index (χ3v) is 9.86. The summed E-state index contributed by atoms with van der Waals surface area (Å²) in [6.45, 7) is 7.99. The van der Waals surface area contributed by atoms with Crippen molar-refractivity contribution in [3.8, 4) is 0 Å². The molecule has 6 atom stereocenters. The Labute approximate surface area is 183 Å². The van der Waals surface area contributed by atoms with E-state index in [1.807, 2.05) is 0 Å². The van der Waals surface area contributed by atoms with Crippen LogP contribution in [0.5, 0.6) is 0 Å². The van der Waals surface area contributed by atoms with Gasteiger partial charge in [0.15, 0.2) is 0 Å². The molecule has 4 rings (SSSR count). The number of nitrogens with zero attached hydrogens (tertiary/aromatic N) is 1. The minimum Gasteiger partial charge on any atom is -0.299 e. The molecule has 0 radical (unpaired) electrons. The van der Waals surface area contributed by atoms with Gasteiger partial charge in [0.05, 0.1) is 0 Å². The van der Waals surface area contributed by atoms with Crippen molar-refractivity contribution in [2.75, 3.05) is 6.54 Å². The summed E-state index contributed by atoms with van der Waals surface area (Å²) in [5, 5.41) is 0. The van der Waals surface area contributed by atoms with Gasteiger partial charge in [-0.1, -0.05) is 52.9 Å². The van der Waals surface area contributed by atoms with E-state index in [9.17, 15) is 9.59 Å². The Morgan fingerprint density at radius 3 is 2.57 bits per heavy atom. The molecule has 3 saturated carbocycles. The van der Waals surface area contributed by atoms with E-state index in [0.29, 0.717) is 35.7 Å². The van der Waals surface area contributed by atoms with Gasteiger partial charge >= 0.3 is 0 Å². The zero-order valence-electron chi connectivity index (χ0n) is 19.7. The molecule has 0 saturated heterocycles. The van der Waals surface area contributed by atoms with E-state index >= 15 is 0 Å². The van der Waals surface area contributed by atoms with Gasteiger partial charge in [0, 0.05) is 42.9 Å². The second kappa shape index (κ2) is 8.87. The van der Waals surface area contributed by atoms with Crippen LogP contribution in [-0.2, 0) is 9.59 Å². The van der Waals surface area contributed by atoms with E-state index < -0.39 is 0 Å². The molecule has 168 valence electrons. The first-order chi connectivity index (χ1) is 14.4. The molecule has 1 aliphatic heterocycles. The second-order valence-electron chi connectivity index (χ2n) is 11.5. The maximum atomic E-state index is 13.2. The Hall–Kier alpha value is -0.990. The molecule has 3 nitrogen and oxygen atoms in total. The Balaban J connectivity index is 1.40. The molecule has 1 heterocycles. The molecule has 0 aromatic heterocycles. The molecular weight excluding hydrogens is 370 g/mol. The van der Waals surface area contributed by atoms with Gasteiger partial charge in [0.2, 0.25) is 0 Å². The fourth-order valence-electron chi connectivity index (χ4n) is 7.99. The van der Waals surface area contributed by atoms with Gasteiger partial charge in [-0.25, -0.2) is 0 Å². The SMILES string of the molecule is CCCCCCCCC(=O)[C@H]1CCC2C3CN=C4CC(=O)CC[C@]4(C)C3CC[C@@]21C. The first-order valence-electron chi connectivity index (χ1n) is 13.0. The molecule has 30 heavy (non-hydrogen) atoms. The molecule has 0 aromatic carbocycles. The number of carbonyl (C=O) groups excluding carboxylic acids is 2. The lowest BCUT2D eigenvalue weighted by Gasteiger charge is -2.56. The fraction of sp³-hybridized carbons (Fsp3) is 0.889. The Morgan fingerprint density at radius 1 is 1.00 bits per heavy atom. The summed E-state index contributed by atoms with van der Waals surface area (Å²) in [5.41, 5.74) is 1.53. The van der Waals surface area contributed by atoms with Crippen LogP contribution in [0.1, 0.15) is 111 Å². The zero-order valence-corrected chi connectivity index (χ0v) is 19.7. The second-order valence-corrected chi connectivity index (χ2v) is 11.5. The summed E-state index contributed by atoms with van der Waals surface area (Å²) in [6, 6.07) is 0. The quantitative estimate of drug-likeness (QED) is 0.422. The average molecular weight is 414 g/mol. The number of ketones is 2. The van der Waals surface area contributed by atoms with Crippen molar-refractivity contribution < 1.29 is 9.59 Å². The summed E-state index contributed by atoms with van der Waals surface area (Å²) in [7, 11) is 0. The lowest BCUT2D eigenvalue weighted by atomic mass is 9.49. The number of rotatable bonds is 8. The fourth-order valence-corrected chi connectivity index (χ4v) is 7.99. The van der Waals surface area contributed by atoms with Crippen molar-refractivity contribution in [1.29, 1.82) is 0 Å². The van der Waals surface area contributed by atoms with Crippen molar-refractivity contribution in [2.45, 2.75) is 111 Å². The number of carbonyl (C=O) groups is 2. The van der Waals surface area contributed by atoms with E-state index in [1.54, 1.807) is 0 Å². The van der Waals surface area contributed by atoms with Crippen LogP contribution in [0.15, 0.2) is 4.99 Å². The first-order valence-corrected chi connectivity index (χ1v) is 13.0. The van der Waals surface area contributed by atoms with E-state index in [2.05, 4.69) is 20.8 Å². The lowest BCUT2D eigenvalue weighted by molar-refractivity contribution is -0.129. The number of unbranched alkanes of at least 4 members (excludes halogenated alkanes) is 5. The van der Waals surface area contributed by atoms with Gasteiger partial charge in [-0.2, -0.15) is 0 Å². The first kappa shape index (κ1) is 22.2. The van der Waals surface area contributed by atoms with Crippen molar-refractivity contribution in [1.82, 2.24) is 0 Å². The van der Waals surface area contributed by atoms with Crippen LogP contribution in [-0.4, -0.2) is 23.8 Å². The van der Waals surface area contributed by atoms with Crippen LogP contribution in [0.3, 0.4) is 0 Å². The van der Waals surface area contributed by atoms with E-state index in [0.717, 1.165) is 38.6 Å². The highest BCUT2D eigenvalue weighted by Crippen LogP contribution is 2.64. The van der Waals surface area contributed by atoms with E-state index in [-0.39, 0.29) is 16.7 Å². The summed E-state index contributed by atoms with van der Waals surface area (Å²) in [6.07, 6.45) is 15.4. The number of Topliss-reactive ketones (excluding diaryl/α,β-unsaturated/α-hetero) is 2. The third kappa shape index (κ3) is 3.84. The molecular formula is C27H43NO2. The molecule has 0 amide bonds. The molecule has 3 aliphatic carbocycles. The van der Waals surface area contributed by atoms with Gasteiger partial charge in [-0.3, -0.25) is 14.6 Å². The van der Waals surface area contributed by atoms with Crippen molar-refractivity contribution in [2.24, 2.45) is 39.5 Å². The van der Waals surface area contributed by atoms with Gasteiger partial charge in [0.1, 0.15) is 11.6 Å². The molecule has 3 unspecified atom stereocenters. The molecule has 0 aromatic rings. The minimum absolute atomic E-state index is 0.138. The highest BCUT2D eigenvalue weighted by atomic mass is 16.1. The van der Waals surface area contributed by atoms with Crippen molar-refractivity contribution >= 4 is 17.3 Å². The van der Waals surface area contributed by atoms with Gasteiger partial charge in [0.25, 0.3) is 0 Å². The topological polar surface area (TPSA) is 46.5 Å². The maximum Gasteiger partial charge on any atom is 0.138 e. The van der Waals surface area contributed by atoms with Crippen molar-refractivity contribution in [3.05, 3.63) is 0 Å². The Morgan fingerprint density at radius 2 is 1.77 bits per heavy atom. The van der Waals surface area contributed by atoms with E-state index in [4.69, 9.17) is 4.99 Å². The van der Waals surface area contributed by atoms with Gasteiger partial charge < -0.3 is 0 Å². The molecule has 0 bridgehead atoms. The molecule has 0 N–H and O–H groups in total. The summed E-state index contributed by atoms with van der Waals surface area (Å²) in [4.78, 5) is 30.2. The van der Waals surface area contributed by atoms with E-state index in [1.165, 1.54) is 57.1 Å². The van der Waals surface area contributed by atoms with Crippen molar-refractivity contribution in [3.63, 3.8) is 0 Å². The standard InChI is InChI=1S/C27H43NO2/c1-4-5-6-7-8-9-10-24(30)23-12-11-21-20-18-28-25-17-19(29)13-15-27(25,3)22(20)14-16-26(21,23)2/h20-23H,4-18H2,1-3H3/t20?,21?,22?,23-,26+,27-/m1/s1. The summed E-state index contributed by atoms with van der Waals surface area (Å²) in [5.74, 6) is 3.16. The van der Waals surface area contributed by atoms with Gasteiger partial charge in [-0.15, -0.1) is 0 Å². The van der Waals surface area contributed by atoms with Crippen LogP contribution in [0.4, 0.5) is 0 Å². The zero-order chi connectivity index (χ0) is 21.4. The normalized spacial score (nSPS) is 40.4. The number of hydrogen-bond donors (Lipinski definition) is 0. The largest absolute Gasteiger partial charge is 0.299 e. The summed E-state index contributed by atoms with van der Waals surface area (Å²) >= 11 is 0. The highest BCUT2D eigenvalue weighted by Gasteiger charge is 2.60. The predicted molar refractivity (Wildman–Crippen MR) is 123 cm³/mol. The lowest BCUT2D eigenvalue weighted by Crippen LogP contribution is -2.54. The molecule has 3 heteroatoms. The number of aliphatic imine (C=N–C) groups is 1. The van der Waals surface area contributed by atoms with Crippen LogP contribution in [0.2, 0.25) is 0 Å². The van der Waals surface area contributed by atoms with Crippen LogP contribution >= 0.6 is 0 Å². The maximum absolute atomic E-state index is 13.2. The van der Waals surface area contributed by atoms with Crippen LogP contribution in [0.25, 0.3) is 0 Å². The minimum atomic E-state index is 0.138. The number of fused-ring (bicyclic) bond motifs is 5. The third-order valence-electron chi connectivity index (χ3n) is 9.86. The molecule has 3 fully saturated rings. The summed E-state index contributed by atoms with van der Waals surface area (Å²) < 4.78 is 0.